The van der Waals surface area contributed by atoms with Gasteiger partial charge >= 0.3 is 12.1 Å². The van der Waals surface area contributed by atoms with Gasteiger partial charge in [0, 0.05) is 37.3 Å². The Morgan fingerprint density at radius 3 is 2.72 bits per heavy atom. The lowest BCUT2D eigenvalue weighted by atomic mass is 10.1. The van der Waals surface area contributed by atoms with E-state index in [1.165, 1.54) is 6.08 Å². The second-order valence-corrected chi connectivity index (χ2v) is 7.02. The molecular formula is C16H26N4O4S. The summed E-state index contributed by atoms with van der Waals surface area (Å²) in [6.45, 7) is 5.50. The van der Waals surface area contributed by atoms with Crippen molar-refractivity contribution >= 4 is 30.6 Å². The van der Waals surface area contributed by atoms with Crippen LogP contribution in [-0.2, 0) is 4.74 Å². The molecule has 0 radical (unpaired) electrons. The third-order valence-corrected chi connectivity index (χ3v) is 4.77. The lowest BCUT2D eigenvalue weighted by Gasteiger charge is -2.28. The zero-order valence-electron chi connectivity index (χ0n) is 14.3. The van der Waals surface area contributed by atoms with Crippen LogP contribution < -0.4 is 5.32 Å². The Morgan fingerprint density at radius 2 is 2.08 bits per heavy atom. The quantitative estimate of drug-likeness (QED) is 0.176. The zero-order valence-corrected chi connectivity index (χ0v) is 15.2. The van der Waals surface area contributed by atoms with Crippen LogP contribution >= 0.6 is 12.6 Å². The van der Waals surface area contributed by atoms with E-state index in [0.29, 0.717) is 26.1 Å². The highest BCUT2D eigenvalue weighted by Gasteiger charge is 2.36. The smallest absolute Gasteiger partial charge is 0.410 e. The Bertz CT molecular complexity index is 522. The van der Waals surface area contributed by atoms with E-state index in [1.807, 2.05) is 0 Å². The molecule has 25 heavy (non-hydrogen) atoms. The van der Waals surface area contributed by atoms with Gasteiger partial charge in [0.2, 0.25) is 0 Å². The van der Waals surface area contributed by atoms with Gasteiger partial charge in [-0.25, -0.2) is 9.59 Å². The van der Waals surface area contributed by atoms with Crippen LogP contribution in [0.15, 0.2) is 17.8 Å². The number of rotatable bonds is 4. The summed E-state index contributed by atoms with van der Waals surface area (Å²) in [5.74, 6) is 0.143. The number of nitrogens with one attached hydrogen (secondary N) is 1. The molecular weight excluding hydrogens is 344 g/mol. The SMILES string of the molecule is C=CCOC(=O)N1C[C@@H](S)C[C@H]1C/C(=N/O)NC(=O)N1CCCCC1. The van der Waals surface area contributed by atoms with E-state index < -0.39 is 6.09 Å². The number of thiol groups is 1. The summed E-state index contributed by atoms with van der Waals surface area (Å²) in [4.78, 5) is 27.6. The summed E-state index contributed by atoms with van der Waals surface area (Å²) in [6.07, 6.45) is 4.98. The fraction of sp³-hybridized carbons (Fsp3) is 0.688. The van der Waals surface area contributed by atoms with Crippen molar-refractivity contribution in [3.63, 3.8) is 0 Å². The number of hydrogen-bond donors (Lipinski definition) is 3. The van der Waals surface area contributed by atoms with Gasteiger partial charge in [-0.15, -0.1) is 0 Å². The number of hydrogen-bond acceptors (Lipinski definition) is 6. The maximum Gasteiger partial charge on any atom is 0.410 e. The van der Waals surface area contributed by atoms with E-state index in [1.54, 1.807) is 9.80 Å². The lowest BCUT2D eigenvalue weighted by molar-refractivity contribution is 0.109. The third-order valence-electron chi connectivity index (χ3n) is 4.40. The topological polar surface area (TPSA) is 94.5 Å². The van der Waals surface area contributed by atoms with Crippen molar-refractivity contribution in [2.45, 2.75) is 43.4 Å². The van der Waals surface area contributed by atoms with Gasteiger partial charge in [-0.05, 0) is 25.7 Å². The van der Waals surface area contributed by atoms with Gasteiger partial charge in [0.1, 0.15) is 6.61 Å². The fourth-order valence-electron chi connectivity index (χ4n) is 3.16. The van der Waals surface area contributed by atoms with E-state index in [9.17, 15) is 14.8 Å². The van der Waals surface area contributed by atoms with Crippen LogP contribution in [0.3, 0.4) is 0 Å². The molecule has 2 saturated heterocycles. The summed E-state index contributed by atoms with van der Waals surface area (Å²) in [5, 5.41) is 15.1. The molecule has 3 amide bonds. The summed E-state index contributed by atoms with van der Waals surface area (Å²) in [7, 11) is 0. The highest BCUT2D eigenvalue weighted by molar-refractivity contribution is 7.81. The molecule has 0 spiro atoms. The second kappa shape index (κ2) is 9.55. The van der Waals surface area contributed by atoms with Gasteiger partial charge in [0.15, 0.2) is 5.84 Å². The summed E-state index contributed by atoms with van der Waals surface area (Å²) >= 11 is 4.43. The minimum atomic E-state index is -0.457. The number of piperidine rings is 1. The highest BCUT2D eigenvalue weighted by Crippen LogP contribution is 2.25. The first-order valence-corrected chi connectivity index (χ1v) is 9.06. The predicted molar refractivity (Wildman–Crippen MR) is 97.2 cm³/mol. The number of ether oxygens (including phenoxy) is 1. The predicted octanol–water partition coefficient (Wildman–Crippen LogP) is 2.05. The van der Waals surface area contributed by atoms with Crippen molar-refractivity contribution in [3.05, 3.63) is 12.7 Å². The number of amidine groups is 1. The van der Waals surface area contributed by atoms with Crippen LogP contribution in [0, 0.1) is 0 Å². The molecule has 2 atom stereocenters. The van der Waals surface area contributed by atoms with E-state index in [2.05, 4.69) is 29.7 Å². The molecule has 0 unspecified atom stereocenters. The van der Waals surface area contributed by atoms with Crippen molar-refractivity contribution in [1.29, 1.82) is 0 Å². The molecule has 2 heterocycles. The van der Waals surface area contributed by atoms with Crippen LogP contribution in [0.25, 0.3) is 0 Å². The molecule has 0 aromatic carbocycles. The first-order chi connectivity index (χ1) is 12.0. The van der Waals surface area contributed by atoms with Crippen molar-refractivity contribution < 1.29 is 19.5 Å². The molecule has 2 aliphatic heterocycles. The normalized spacial score (nSPS) is 24.1. The number of urea groups is 1. The number of carbonyl (C=O) groups is 2. The first kappa shape index (κ1) is 19.4. The molecule has 9 heteroatoms. The van der Waals surface area contributed by atoms with Crippen molar-refractivity contribution in [2.75, 3.05) is 26.2 Å². The number of likely N-dealkylation sites (tertiary alicyclic amines) is 2. The van der Waals surface area contributed by atoms with Gasteiger partial charge in [-0.1, -0.05) is 17.8 Å². The van der Waals surface area contributed by atoms with E-state index in [4.69, 9.17) is 4.74 Å². The molecule has 0 saturated carbocycles. The van der Waals surface area contributed by atoms with Crippen LogP contribution in [0.1, 0.15) is 32.1 Å². The average Bonchev–Trinajstić information content (AvgIpc) is 3.00. The number of nitrogens with zero attached hydrogens (tertiary/aromatic N) is 3. The largest absolute Gasteiger partial charge is 0.445 e. The van der Waals surface area contributed by atoms with Gasteiger partial charge in [-0.3, -0.25) is 5.32 Å². The Balaban J connectivity index is 1.92. The number of oxime groups is 1. The van der Waals surface area contributed by atoms with Crippen LogP contribution in [0.5, 0.6) is 0 Å². The lowest BCUT2D eigenvalue weighted by Crippen LogP contribution is -2.47. The monoisotopic (exact) mass is 370 g/mol. The Kier molecular flexibility index (Phi) is 7.42. The van der Waals surface area contributed by atoms with E-state index >= 15 is 0 Å². The molecule has 2 fully saturated rings. The second-order valence-electron chi connectivity index (χ2n) is 6.29. The Hall–Kier alpha value is -1.90. The minimum Gasteiger partial charge on any atom is -0.445 e. The molecule has 0 aromatic rings. The fourth-order valence-corrected chi connectivity index (χ4v) is 3.58. The van der Waals surface area contributed by atoms with E-state index in [0.717, 1.165) is 19.3 Å². The molecule has 0 aromatic heterocycles. The van der Waals surface area contributed by atoms with Gasteiger partial charge < -0.3 is 19.7 Å². The third kappa shape index (κ3) is 5.55. The molecule has 0 bridgehead atoms. The molecule has 8 nitrogen and oxygen atoms in total. The maximum atomic E-state index is 12.3. The Labute approximate surface area is 153 Å². The molecule has 2 N–H and O–H groups in total. The van der Waals surface area contributed by atoms with Crippen LogP contribution in [0.2, 0.25) is 0 Å². The summed E-state index contributed by atoms with van der Waals surface area (Å²) in [5.41, 5.74) is 0. The van der Waals surface area contributed by atoms with E-state index in [-0.39, 0.29) is 36.2 Å². The highest BCUT2D eigenvalue weighted by atomic mass is 32.1. The molecule has 2 rings (SSSR count). The standard InChI is InChI=1S/C16H26N4O4S/c1-2-8-24-16(22)20-11-13(25)9-12(20)10-14(18-23)17-15(21)19-6-4-3-5-7-19/h2,12-13,23,25H,1,3-11H2,(H,17,18,21)/t12-,13-/m0/s1. The van der Waals surface area contributed by atoms with Gasteiger partial charge in [-0.2, -0.15) is 12.6 Å². The average molecular weight is 370 g/mol. The molecule has 0 aliphatic carbocycles. The van der Waals surface area contributed by atoms with Crippen molar-refractivity contribution in [2.24, 2.45) is 5.16 Å². The number of carbonyl (C=O) groups excluding carboxylic acids is 2. The summed E-state index contributed by atoms with van der Waals surface area (Å²) in [6, 6.07) is -0.513. The molecule has 2 aliphatic rings. The van der Waals surface area contributed by atoms with Crippen molar-refractivity contribution in [3.8, 4) is 0 Å². The minimum absolute atomic E-state index is 0.0130. The summed E-state index contributed by atoms with van der Waals surface area (Å²) < 4.78 is 5.08. The van der Waals surface area contributed by atoms with Crippen LogP contribution in [0.4, 0.5) is 9.59 Å². The van der Waals surface area contributed by atoms with Gasteiger partial charge in [0.25, 0.3) is 0 Å². The maximum absolute atomic E-state index is 12.3. The molecule has 140 valence electrons. The van der Waals surface area contributed by atoms with Crippen molar-refractivity contribution in [1.82, 2.24) is 15.1 Å². The Morgan fingerprint density at radius 1 is 1.36 bits per heavy atom. The first-order valence-electron chi connectivity index (χ1n) is 8.54. The zero-order chi connectivity index (χ0) is 18.2. The van der Waals surface area contributed by atoms with Crippen LogP contribution in [-0.4, -0.2) is 70.5 Å². The number of amides is 3. The van der Waals surface area contributed by atoms with Gasteiger partial charge in [0.05, 0.1) is 0 Å².